The highest BCUT2D eigenvalue weighted by Gasteiger charge is 2.47. The number of aromatic nitrogens is 3. The molecule has 1 amide bonds. The van der Waals surface area contributed by atoms with E-state index >= 15 is 0 Å². The molecule has 7 nitrogen and oxygen atoms in total. The molecule has 2 aliphatic heterocycles. The molecule has 1 saturated heterocycles. The Morgan fingerprint density at radius 2 is 2.07 bits per heavy atom. The fraction of sp³-hybridized carbons (Fsp3) is 0.650. The van der Waals surface area contributed by atoms with Crippen molar-refractivity contribution in [3.8, 4) is 0 Å². The second-order valence-corrected chi connectivity index (χ2v) is 8.12. The number of aromatic amines is 1. The predicted molar refractivity (Wildman–Crippen MR) is 101 cm³/mol. The van der Waals surface area contributed by atoms with Crippen LogP contribution in [-0.4, -0.2) is 56.8 Å². The van der Waals surface area contributed by atoms with Crippen LogP contribution in [0.25, 0.3) is 0 Å². The maximum Gasteiger partial charge on any atom is 0.276 e. The summed E-state index contributed by atoms with van der Waals surface area (Å²) in [7, 11) is 0. The van der Waals surface area contributed by atoms with Crippen molar-refractivity contribution in [3.05, 3.63) is 35.6 Å². The van der Waals surface area contributed by atoms with Crippen LogP contribution in [0.1, 0.15) is 61.2 Å². The number of hydrogen-bond donors (Lipinski definition) is 1. The molecule has 2 aliphatic rings. The summed E-state index contributed by atoms with van der Waals surface area (Å²) in [6, 6.07) is 0. The van der Waals surface area contributed by atoms with Gasteiger partial charge in [0.1, 0.15) is 5.76 Å². The van der Waals surface area contributed by atoms with Gasteiger partial charge in [0.05, 0.1) is 17.6 Å². The molecule has 0 radical (unpaired) electrons. The number of oxazole rings is 1. The summed E-state index contributed by atoms with van der Waals surface area (Å²) < 4.78 is 5.35. The summed E-state index contributed by atoms with van der Waals surface area (Å²) >= 11 is 0. The van der Waals surface area contributed by atoms with E-state index in [9.17, 15) is 4.79 Å². The summed E-state index contributed by atoms with van der Waals surface area (Å²) in [4.78, 5) is 29.7. The van der Waals surface area contributed by atoms with Gasteiger partial charge in [-0.1, -0.05) is 20.8 Å². The molecule has 0 aromatic carbocycles. The van der Waals surface area contributed by atoms with E-state index in [4.69, 9.17) is 9.40 Å². The Balaban J connectivity index is 1.56. The minimum atomic E-state index is -0.0634. The number of hydrogen-bond acceptors (Lipinski definition) is 5. The number of piperidine rings is 1. The molecular formula is C20H29N5O2. The lowest BCUT2D eigenvalue weighted by molar-refractivity contribution is 0.000422. The second kappa shape index (κ2) is 7.11. The van der Waals surface area contributed by atoms with Crippen molar-refractivity contribution >= 4 is 5.91 Å². The van der Waals surface area contributed by atoms with Crippen molar-refractivity contribution in [3.63, 3.8) is 0 Å². The topological polar surface area (TPSA) is 78.3 Å². The summed E-state index contributed by atoms with van der Waals surface area (Å²) in [5.74, 6) is 1.27. The zero-order valence-electron chi connectivity index (χ0n) is 16.5. The SMILES string of the molecule is CCc1ocnc1C(=O)N1CCC2(CC1)c1nc[nH]c1CCN2CC(C)C. The average Bonchev–Trinajstić information content (AvgIpc) is 3.33. The van der Waals surface area contributed by atoms with E-state index in [1.165, 1.54) is 17.8 Å². The Labute approximate surface area is 160 Å². The van der Waals surface area contributed by atoms with Crippen LogP contribution < -0.4 is 0 Å². The quantitative estimate of drug-likeness (QED) is 0.894. The number of rotatable bonds is 4. The van der Waals surface area contributed by atoms with Crippen molar-refractivity contribution in [1.82, 2.24) is 24.8 Å². The lowest BCUT2D eigenvalue weighted by Gasteiger charge is -2.51. The number of likely N-dealkylation sites (tertiary alicyclic amines) is 1. The first kappa shape index (κ1) is 18.2. The lowest BCUT2D eigenvalue weighted by Crippen LogP contribution is -2.57. The Morgan fingerprint density at radius 1 is 1.30 bits per heavy atom. The van der Waals surface area contributed by atoms with E-state index < -0.39 is 0 Å². The van der Waals surface area contributed by atoms with E-state index in [1.807, 2.05) is 18.2 Å². The van der Waals surface area contributed by atoms with E-state index in [2.05, 4.69) is 28.7 Å². The van der Waals surface area contributed by atoms with Crippen LogP contribution in [0.2, 0.25) is 0 Å². The molecule has 0 unspecified atom stereocenters. The molecule has 1 fully saturated rings. The normalized spacial score (nSPS) is 19.6. The summed E-state index contributed by atoms with van der Waals surface area (Å²) in [5.41, 5.74) is 2.86. The molecule has 0 bridgehead atoms. The van der Waals surface area contributed by atoms with Gasteiger partial charge in [0.2, 0.25) is 0 Å². The van der Waals surface area contributed by atoms with Gasteiger partial charge >= 0.3 is 0 Å². The van der Waals surface area contributed by atoms with Gasteiger partial charge in [-0.15, -0.1) is 0 Å². The fourth-order valence-corrected chi connectivity index (χ4v) is 4.71. The van der Waals surface area contributed by atoms with Crippen molar-refractivity contribution in [2.75, 3.05) is 26.2 Å². The molecule has 4 heterocycles. The van der Waals surface area contributed by atoms with Crippen molar-refractivity contribution in [2.45, 2.75) is 52.0 Å². The fourth-order valence-electron chi connectivity index (χ4n) is 4.71. The smallest absolute Gasteiger partial charge is 0.276 e. The zero-order chi connectivity index (χ0) is 19.0. The first-order chi connectivity index (χ1) is 13.0. The molecule has 2 aromatic rings. The van der Waals surface area contributed by atoms with E-state index in [0.717, 1.165) is 45.4 Å². The number of H-pyrrole nitrogens is 1. The molecule has 2 aromatic heterocycles. The van der Waals surface area contributed by atoms with Crippen LogP contribution in [0, 0.1) is 5.92 Å². The molecule has 146 valence electrons. The lowest BCUT2D eigenvalue weighted by atomic mass is 9.78. The number of aryl methyl sites for hydroxylation is 1. The first-order valence-electron chi connectivity index (χ1n) is 10.0. The number of amides is 1. The van der Waals surface area contributed by atoms with Crippen molar-refractivity contribution < 1.29 is 9.21 Å². The Bertz CT molecular complexity index is 801. The average molecular weight is 371 g/mol. The minimum Gasteiger partial charge on any atom is -0.448 e. The van der Waals surface area contributed by atoms with Gasteiger partial charge in [-0.2, -0.15) is 0 Å². The summed E-state index contributed by atoms with van der Waals surface area (Å²) in [6.45, 7) is 10.1. The van der Waals surface area contributed by atoms with Gasteiger partial charge in [-0.25, -0.2) is 9.97 Å². The minimum absolute atomic E-state index is 0.0103. The van der Waals surface area contributed by atoms with Gasteiger partial charge < -0.3 is 14.3 Å². The molecule has 0 atom stereocenters. The molecule has 1 N–H and O–H groups in total. The third-order valence-corrected chi connectivity index (χ3v) is 6.02. The van der Waals surface area contributed by atoms with Crippen LogP contribution in [0.5, 0.6) is 0 Å². The van der Waals surface area contributed by atoms with Gasteiger partial charge in [-0.3, -0.25) is 9.69 Å². The van der Waals surface area contributed by atoms with Crippen LogP contribution in [0.15, 0.2) is 17.1 Å². The van der Waals surface area contributed by atoms with Gasteiger partial charge in [0.15, 0.2) is 12.1 Å². The molecule has 0 aliphatic carbocycles. The highest BCUT2D eigenvalue weighted by Crippen LogP contribution is 2.42. The molecule has 1 spiro atoms. The third kappa shape index (κ3) is 3.08. The first-order valence-corrected chi connectivity index (χ1v) is 10.0. The number of fused-ring (bicyclic) bond motifs is 2. The maximum atomic E-state index is 12.9. The molecule has 0 saturated carbocycles. The molecule has 4 rings (SSSR count). The predicted octanol–water partition coefficient (Wildman–Crippen LogP) is 2.61. The number of carbonyl (C=O) groups is 1. The Kier molecular flexibility index (Phi) is 4.80. The third-order valence-electron chi connectivity index (χ3n) is 6.02. The summed E-state index contributed by atoms with van der Waals surface area (Å²) in [6.07, 6.45) is 6.71. The number of carbonyl (C=O) groups excluding carboxylic acids is 1. The molecule has 27 heavy (non-hydrogen) atoms. The van der Waals surface area contributed by atoms with Gasteiger partial charge in [-0.05, 0) is 18.8 Å². The van der Waals surface area contributed by atoms with E-state index in [1.54, 1.807) is 0 Å². The van der Waals surface area contributed by atoms with Crippen LogP contribution in [-0.2, 0) is 18.4 Å². The monoisotopic (exact) mass is 371 g/mol. The van der Waals surface area contributed by atoms with Gasteiger partial charge in [0.25, 0.3) is 5.91 Å². The number of imidazole rings is 1. The van der Waals surface area contributed by atoms with E-state index in [0.29, 0.717) is 23.8 Å². The number of nitrogens with zero attached hydrogens (tertiary/aromatic N) is 4. The maximum absolute atomic E-state index is 12.9. The van der Waals surface area contributed by atoms with Crippen molar-refractivity contribution in [1.29, 1.82) is 0 Å². The zero-order valence-corrected chi connectivity index (χ0v) is 16.5. The highest BCUT2D eigenvalue weighted by molar-refractivity contribution is 5.93. The second-order valence-electron chi connectivity index (χ2n) is 8.12. The van der Waals surface area contributed by atoms with Gasteiger partial charge in [0, 0.05) is 44.7 Å². The highest BCUT2D eigenvalue weighted by atomic mass is 16.3. The number of nitrogens with one attached hydrogen (secondary N) is 1. The van der Waals surface area contributed by atoms with Crippen LogP contribution >= 0.6 is 0 Å². The van der Waals surface area contributed by atoms with Crippen molar-refractivity contribution in [2.24, 2.45) is 5.92 Å². The Morgan fingerprint density at radius 3 is 2.78 bits per heavy atom. The largest absolute Gasteiger partial charge is 0.448 e. The van der Waals surface area contributed by atoms with Crippen LogP contribution in [0.3, 0.4) is 0 Å². The molecule has 7 heteroatoms. The van der Waals surface area contributed by atoms with E-state index in [-0.39, 0.29) is 11.4 Å². The summed E-state index contributed by atoms with van der Waals surface area (Å²) in [5, 5.41) is 0. The standard InChI is InChI=1S/C20H29N5O2/c1-4-16-17(23-13-27-16)19(26)24-9-6-20(7-10-24)18-15(21-12-22-18)5-8-25(20)11-14(2)3/h12-14H,4-11H2,1-3H3,(H,21,22). The van der Waals surface area contributed by atoms with Crippen LogP contribution in [0.4, 0.5) is 0 Å². The Hall–Kier alpha value is -2.15. The molecular weight excluding hydrogens is 342 g/mol.